The highest BCUT2D eigenvalue weighted by Crippen LogP contribution is 2.53. The van der Waals surface area contributed by atoms with Gasteiger partial charge in [0.1, 0.15) is 24.4 Å². The number of aromatic hydroxyl groups is 2. The quantitative estimate of drug-likeness (QED) is 0.145. The van der Waals surface area contributed by atoms with E-state index in [1.54, 1.807) is 0 Å². The topological polar surface area (TPSA) is 172 Å². The highest BCUT2D eigenvalue weighted by Gasteiger charge is 2.55. The molecule has 220 valence electrons. The molecule has 2 aliphatic heterocycles. The summed E-state index contributed by atoms with van der Waals surface area (Å²) in [4.78, 5) is 25.0. The second-order valence-electron chi connectivity index (χ2n) is 11.0. The van der Waals surface area contributed by atoms with Crippen LogP contribution in [0, 0.1) is 17.8 Å². The second kappa shape index (κ2) is 11.4. The summed E-state index contributed by atoms with van der Waals surface area (Å²) in [6.07, 6.45) is -4.22. The van der Waals surface area contributed by atoms with E-state index < -0.39 is 61.5 Å². The number of phenols is 2. The number of aliphatic hydroxyl groups is 3. The van der Waals surface area contributed by atoms with E-state index in [1.165, 1.54) is 24.3 Å². The summed E-state index contributed by atoms with van der Waals surface area (Å²) in [5.41, 5.74) is 2.43. The number of hydrogen-bond acceptors (Lipinski definition) is 11. The maximum absolute atomic E-state index is 12.7. The number of rotatable bonds is 6. The molecule has 4 fully saturated rings. The predicted octanol–water partition coefficient (Wildman–Crippen LogP) is 1.49. The number of hydrogen-bond donors (Lipinski definition) is 5. The third-order valence-corrected chi connectivity index (χ3v) is 8.53. The number of allylic oxidation sites excluding steroid dienone is 1. The first-order valence-electron chi connectivity index (χ1n) is 13.4. The summed E-state index contributed by atoms with van der Waals surface area (Å²) < 4.78 is 23.1. The van der Waals surface area contributed by atoms with E-state index in [2.05, 4.69) is 19.7 Å². The van der Waals surface area contributed by atoms with Crippen molar-refractivity contribution in [1.82, 2.24) is 0 Å². The molecule has 0 aromatic heterocycles. The Kier molecular flexibility index (Phi) is 8.09. The maximum atomic E-state index is 12.7. The Morgan fingerprint density at radius 3 is 2.56 bits per heavy atom. The SMILES string of the molecule is C=C1C(=O)OC2C1CCC(=C)C1CC(O[C@@H]3O[C@H](CO)[C@@H](O)[C@H](O)[C@H]3OC(=O)/C=C/c3ccc(O)c(O)c3)C(=C)C12. The van der Waals surface area contributed by atoms with Crippen molar-refractivity contribution in [2.45, 2.75) is 62.2 Å². The lowest BCUT2D eigenvalue weighted by molar-refractivity contribution is -0.310. The first-order valence-corrected chi connectivity index (χ1v) is 13.4. The van der Waals surface area contributed by atoms with Gasteiger partial charge in [-0.05, 0) is 54.5 Å². The smallest absolute Gasteiger partial charge is 0.334 e. The number of phenolic OH excluding ortho intramolecular Hbond substituents is 2. The fourth-order valence-corrected chi connectivity index (χ4v) is 6.26. The van der Waals surface area contributed by atoms with Gasteiger partial charge >= 0.3 is 11.9 Å². The summed E-state index contributed by atoms with van der Waals surface area (Å²) in [7, 11) is 0. The molecule has 2 aliphatic carbocycles. The first kappa shape index (κ1) is 29.0. The molecule has 1 aromatic rings. The van der Waals surface area contributed by atoms with Crippen molar-refractivity contribution in [1.29, 1.82) is 0 Å². The second-order valence-corrected chi connectivity index (χ2v) is 11.0. The van der Waals surface area contributed by atoms with Gasteiger partial charge in [-0.2, -0.15) is 0 Å². The van der Waals surface area contributed by atoms with E-state index in [9.17, 15) is 35.1 Å². The van der Waals surface area contributed by atoms with Gasteiger partial charge in [-0.1, -0.05) is 31.4 Å². The summed E-state index contributed by atoms with van der Waals surface area (Å²) >= 11 is 0. The van der Waals surface area contributed by atoms with E-state index in [4.69, 9.17) is 18.9 Å². The highest BCUT2D eigenvalue weighted by molar-refractivity contribution is 5.91. The molecule has 0 amide bonds. The molecule has 10 atom stereocenters. The van der Waals surface area contributed by atoms with Gasteiger partial charge < -0.3 is 44.5 Å². The Morgan fingerprint density at radius 2 is 1.85 bits per heavy atom. The van der Waals surface area contributed by atoms with Crippen LogP contribution in [0.4, 0.5) is 0 Å². The molecular weight excluding hydrogens is 536 g/mol. The van der Waals surface area contributed by atoms with E-state index in [0.717, 1.165) is 11.6 Å². The fraction of sp³-hybridized carbons (Fsp3) is 0.467. The Labute approximate surface area is 236 Å². The van der Waals surface area contributed by atoms with E-state index >= 15 is 0 Å². The number of carbonyl (C=O) groups is 2. The summed E-state index contributed by atoms with van der Waals surface area (Å²) in [5, 5.41) is 50.1. The van der Waals surface area contributed by atoms with Crippen LogP contribution in [-0.2, 0) is 28.5 Å². The maximum Gasteiger partial charge on any atom is 0.334 e. The number of carbonyl (C=O) groups excluding carboxylic acids is 2. The molecule has 5 unspecified atom stereocenters. The minimum Gasteiger partial charge on any atom is -0.504 e. The van der Waals surface area contributed by atoms with E-state index in [-0.39, 0.29) is 29.3 Å². The Bertz CT molecular complexity index is 1280. The zero-order valence-corrected chi connectivity index (χ0v) is 22.3. The third kappa shape index (κ3) is 5.43. The average Bonchev–Trinajstić information content (AvgIpc) is 3.36. The number of aliphatic hydroxyl groups excluding tert-OH is 3. The van der Waals surface area contributed by atoms with Gasteiger partial charge in [0.05, 0.1) is 12.7 Å². The van der Waals surface area contributed by atoms with Crippen LogP contribution in [-0.4, -0.2) is 87.0 Å². The normalized spacial score (nSPS) is 37.0. The zero-order chi connectivity index (χ0) is 29.6. The van der Waals surface area contributed by atoms with Crippen LogP contribution in [0.3, 0.4) is 0 Å². The minimum atomic E-state index is -1.65. The van der Waals surface area contributed by atoms with Gasteiger partial charge in [-0.3, -0.25) is 0 Å². The van der Waals surface area contributed by atoms with Gasteiger partial charge in [0, 0.05) is 23.5 Å². The van der Waals surface area contributed by atoms with Gasteiger partial charge in [-0.25, -0.2) is 9.59 Å². The van der Waals surface area contributed by atoms with Crippen molar-refractivity contribution < 1.29 is 54.1 Å². The minimum absolute atomic E-state index is 0.0976. The highest BCUT2D eigenvalue weighted by atomic mass is 16.7. The molecule has 5 N–H and O–H groups in total. The Morgan fingerprint density at radius 1 is 1.10 bits per heavy atom. The molecule has 41 heavy (non-hydrogen) atoms. The van der Waals surface area contributed by atoms with E-state index in [1.807, 2.05) is 0 Å². The molecule has 2 saturated carbocycles. The van der Waals surface area contributed by atoms with Crippen LogP contribution in [0.5, 0.6) is 11.5 Å². The van der Waals surface area contributed by atoms with Crippen LogP contribution in [0.2, 0.25) is 0 Å². The zero-order valence-electron chi connectivity index (χ0n) is 22.3. The number of benzene rings is 1. The lowest BCUT2D eigenvalue weighted by Crippen LogP contribution is -2.60. The largest absolute Gasteiger partial charge is 0.504 e. The number of fused-ring (bicyclic) bond motifs is 3. The third-order valence-electron chi connectivity index (χ3n) is 8.53. The van der Waals surface area contributed by atoms with Crippen molar-refractivity contribution in [2.24, 2.45) is 17.8 Å². The van der Waals surface area contributed by atoms with Gasteiger partial charge in [0.2, 0.25) is 0 Å². The molecule has 5 rings (SSSR count). The molecule has 0 bridgehead atoms. The van der Waals surface area contributed by atoms with Crippen molar-refractivity contribution in [2.75, 3.05) is 6.61 Å². The van der Waals surface area contributed by atoms with E-state index in [0.29, 0.717) is 36.0 Å². The average molecular weight is 571 g/mol. The fourth-order valence-electron chi connectivity index (χ4n) is 6.26. The first-order chi connectivity index (χ1) is 19.5. The Balaban J connectivity index is 1.34. The van der Waals surface area contributed by atoms with Crippen LogP contribution < -0.4 is 0 Å². The summed E-state index contributed by atoms with van der Waals surface area (Å²) in [5.74, 6) is -2.56. The lowest BCUT2D eigenvalue weighted by atomic mass is 9.82. The Hall–Kier alpha value is -3.48. The monoisotopic (exact) mass is 570 g/mol. The van der Waals surface area contributed by atoms with Crippen molar-refractivity contribution >= 4 is 18.0 Å². The summed E-state index contributed by atoms with van der Waals surface area (Å²) in [6.45, 7) is 11.8. The van der Waals surface area contributed by atoms with Crippen LogP contribution in [0.25, 0.3) is 6.08 Å². The van der Waals surface area contributed by atoms with Gasteiger partial charge in [0.25, 0.3) is 0 Å². The molecule has 2 heterocycles. The molecule has 2 saturated heterocycles. The van der Waals surface area contributed by atoms with Crippen LogP contribution in [0.15, 0.2) is 60.7 Å². The van der Waals surface area contributed by atoms with Crippen molar-refractivity contribution in [3.05, 3.63) is 66.3 Å². The van der Waals surface area contributed by atoms with Gasteiger partial charge in [0.15, 0.2) is 23.9 Å². The summed E-state index contributed by atoms with van der Waals surface area (Å²) in [6, 6.07) is 3.95. The van der Waals surface area contributed by atoms with Crippen LogP contribution >= 0.6 is 0 Å². The molecule has 11 nitrogen and oxygen atoms in total. The van der Waals surface area contributed by atoms with Crippen molar-refractivity contribution in [3.63, 3.8) is 0 Å². The molecule has 0 radical (unpaired) electrons. The predicted molar refractivity (Wildman–Crippen MR) is 143 cm³/mol. The molecular formula is C30H34O11. The van der Waals surface area contributed by atoms with Crippen LogP contribution in [0.1, 0.15) is 24.8 Å². The molecule has 4 aliphatic rings. The standard InChI is InChI=1S/C30H34O11/c1-13-4-7-17-14(2)29(37)41-27(17)24-15(3)21(11-18(13)24)38-30-28(26(36)25(35)22(12-31)39-30)40-23(34)9-6-16-5-8-19(32)20(33)10-16/h5-6,8-10,17-18,21-22,24-28,30-33,35-36H,1-4,7,11-12H2/b9-6+/t17?,18?,21?,22-,24?,25-,26+,27?,28-,30-/m1/s1. The number of ether oxygens (including phenoxy) is 4. The molecule has 1 aromatic carbocycles. The molecule has 0 spiro atoms. The van der Waals surface area contributed by atoms with Gasteiger partial charge in [-0.15, -0.1) is 0 Å². The number of esters is 2. The van der Waals surface area contributed by atoms with Crippen molar-refractivity contribution in [3.8, 4) is 11.5 Å². The lowest BCUT2D eigenvalue weighted by Gasteiger charge is -2.42. The molecule has 11 heteroatoms.